The molecule has 0 aromatic rings. The van der Waals surface area contributed by atoms with Gasteiger partial charge in [0.1, 0.15) is 10.0 Å². The minimum Gasteiger partial charge on any atom is -0.757 e. The molecule has 0 aliphatic heterocycles. The minimum absolute atomic E-state index is 0. The Morgan fingerprint density at radius 1 is 0.679 bits per heavy atom. The molecule has 11 nitrogen and oxygen atoms in total. The molecule has 0 rings (SSSR count). The van der Waals surface area contributed by atoms with Gasteiger partial charge in [-0.15, -0.1) is 3.77 Å². The van der Waals surface area contributed by atoms with Gasteiger partial charge < -0.3 is 4.55 Å². The van der Waals surface area contributed by atoms with Crippen LogP contribution in [0.15, 0.2) is 11.3 Å². The molecule has 22 heteroatoms. The van der Waals surface area contributed by atoms with Crippen molar-refractivity contribution in [2.45, 2.75) is 11.0 Å². The zero-order valence-corrected chi connectivity index (χ0v) is 17.9. The minimum atomic E-state index is -6.51. The standard InChI is InChI=1S/C6H13F6N5O6S4.Li/c1-16(2)26(22,13-24(18,19)5(7,8)9)15-27(23,17(3)4)14-25(20,21)6(10,11)12;/h1-4H3,(H,13,14,15,18,19,22,23);/q;+1/p-1. The van der Waals surface area contributed by atoms with Gasteiger partial charge in [-0.2, -0.15) is 34.8 Å². The van der Waals surface area contributed by atoms with E-state index in [0.29, 0.717) is 28.2 Å². The van der Waals surface area contributed by atoms with Crippen molar-refractivity contribution < 1.29 is 70.8 Å². The molecule has 3 unspecified atom stereocenters. The molecule has 0 amide bonds. The second-order valence-electron chi connectivity index (χ2n) is 4.63. The topological polar surface area (TPSA) is 152 Å². The van der Waals surface area contributed by atoms with Gasteiger partial charge in [0, 0.05) is 28.2 Å². The fourth-order valence-corrected chi connectivity index (χ4v) is 7.33. The Kier molecular flexibility index (Phi) is 9.58. The van der Waals surface area contributed by atoms with Crippen molar-refractivity contribution >= 4 is 40.2 Å². The SMILES string of the molecule is CN(C)S(=O)(=NS(=O)(=O)C(F)(F)F)N=S(=O)(N=S(=O)([O-])C(F)(F)F)N(C)C.[Li+]. The molecule has 0 radical (unpaired) electrons. The second kappa shape index (κ2) is 8.92. The molecule has 3 atom stereocenters. The summed E-state index contributed by atoms with van der Waals surface area (Å²) in [7, 11) is -21.0. The van der Waals surface area contributed by atoms with Gasteiger partial charge in [-0.25, -0.2) is 17.0 Å². The Hall–Kier alpha value is -0.143. The molecule has 0 fully saturated rings. The molecule has 0 heterocycles. The summed E-state index contributed by atoms with van der Waals surface area (Å²) in [5, 5.41) is 0. The van der Waals surface area contributed by atoms with Crippen LogP contribution in [0, 0.1) is 0 Å². The van der Waals surface area contributed by atoms with Gasteiger partial charge in [-0.1, -0.05) is 7.54 Å². The van der Waals surface area contributed by atoms with Gasteiger partial charge in [-0.05, 0) is 0 Å². The first-order chi connectivity index (χ1) is 11.5. The van der Waals surface area contributed by atoms with E-state index in [2.05, 4.69) is 3.77 Å². The molecule has 0 bridgehead atoms. The molecule has 0 aromatic heterocycles. The Balaban J connectivity index is 0. The van der Waals surface area contributed by atoms with E-state index in [4.69, 9.17) is 0 Å². The second-order valence-corrected chi connectivity index (χ2v) is 12.6. The summed E-state index contributed by atoms with van der Waals surface area (Å²) in [4.78, 5) is 0. The summed E-state index contributed by atoms with van der Waals surface area (Å²) in [5.41, 5.74) is -12.1. The van der Waals surface area contributed by atoms with E-state index in [1.807, 2.05) is 7.54 Å². The van der Waals surface area contributed by atoms with Gasteiger partial charge >= 0.3 is 39.9 Å². The Morgan fingerprint density at radius 3 is 1.25 bits per heavy atom. The van der Waals surface area contributed by atoms with Crippen molar-refractivity contribution in [3.05, 3.63) is 0 Å². The zero-order chi connectivity index (χ0) is 22.3. The third kappa shape index (κ3) is 6.98. The Labute approximate surface area is 170 Å². The van der Waals surface area contributed by atoms with E-state index in [9.17, 15) is 51.9 Å². The quantitative estimate of drug-likeness (QED) is 0.306. The average molecular weight is 499 g/mol. The van der Waals surface area contributed by atoms with Crippen molar-refractivity contribution in [1.29, 1.82) is 0 Å². The molecule has 0 aliphatic carbocycles. The molecule has 28 heavy (non-hydrogen) atoms. The monoisotopic (exact) mass is 499 g/mol. The van der Waals surface area contributed by atoms with Gasteiger partial charge in [0.2, 0.25) is 20.2 Å². The fraction of sp³-hybridized carbons (Fsp3) is 1.00. The van der Waals surface area contributed by atoms with Crippen LogP contribution in [0.5, 0.6) is 0 Å². The van der Waals surface area contributed by atoms with Crippen molar-refractivity contribution in [3.63, 3.8) is 0 Å². The molecular weight excluding hydrogens is 487 g/mol. The predicted octanol–water partition coefficient (Wildman–Crippen LogP) is -2.32. The third-order valence-electron chi connectivity index (χ3n) is 2.12. The van der Waals surface area contributed by atoms with Crippen LogP contribution in [0.4, 0.5) is 26.3 Å². The zero-order valence-electron chi connectivity index (χ0n) is 14.6. The van der Waals surface area contributed by atoms with Crippen LogP contribution in [0.25, 0.3) is 0 Å². The molecule has 0 saturated heterocycles. The maximum absolute atomic E-state index is 12.4. The number of nitrogens with zero attached hydrogens (tertiary/aromatic N) is 5. The largest absolute Gasteiger partial charge is 1.00 e. The van der Waals surface area contributed by atoms with Crippen LogP contribution in [0.2, 0.25) is 0 Å². The fourth-order valence-electron chi connectivity index (χ4n) is 0.761. The van der Waals surface area contributed by atoms with E-state index in [-0.39, 0.29) is 27.5 Å². The number of sulfonamides is 1. The molecule has 0 N–H and O–H groups in total. The predicted molar refractivity (Wildman–Crippen MR) is 80.9 cm³/mol. The number of hydrogen-bond acceptors (Lipinski definition) is 6. The maximum Gasteiger partial charge on any atom is 1.00 e. The van der Waals surface area contributed by atoms with Crippen LogP contribution in [-0.2, 0) is 40.2 Å². The Morgan fingerprint density at radius 2 is 1.00 bits per heavy atom. The van der Waals surface area contributed by atoms with E-state index < -0.39 is 51.3 Å². The first kappa shape index (κ1) is 30.1. The van der Waals surface area contributed by atoms with E-state index in [1.54, 1.807) is 0 Å². The van der Waals surface area contributed by atoms with Crippen LogP contribution < -0.4 is 18.9 Å². The van der Waals surface area contributed by atoms with Crippen LogP contribution in [0.1, 0.15) is 0 Å². The van der Waals surface area contributed by atoms with Crippen molar-refractivity contribution in [1.82, 2.24) is 8.61 Å². The van der Waals surface area contributed by atoms with E-state index in [1.165, 1.54) is 0 Å². The van der Waals surface area contributed by atoms with Crippen molar-refractivity contribution in [3.8, 4) is 0 Å². The molecule has 0 aromatic carbocycles. The molecule has 0 saturated carbocycles. The summed E-state index contributed by atoms with van der Waals surface area (Å²) >= 11 is 0. The molecular formula is C6H12F6LiN5O6S4. The first-order valence-electron chi connectivity index (χ1n) is 5.79. The van der Waals surface area contributed by atoms with E-state index >= 15 is 0 Å². The van der Waals surface area contributed by atoms with Gasteiger partial charge in [0.15, 0.2) is 0 Å². The number of rotatable bonds is 5. The molecule has 164 valence electrons. The van der Waals surface area contributed by atoms with Crippen molar-refractivity contribution in [2.75, 3.05) is 28.2 Å². The first-order valence-corrected chi connectivity index (χ1v) is 11.5. The number of halogens is 6. The Bertz CT molecular complexity index is 1040. The molecule has 0 aliphatic rings. The van der Waals surface area contributed by atoms with Crippen LogP contribution in [0.3, 0.4) is 0 Å². The molecule has 0 spiro atoms. The average Bonchev–Trinajstić information content (AvgIpc) is 2.33. The number of alkyl halides is 6. The smallest absolute Gasteiger partial charge is 0.757 e. The third-order valence-corrected chi connectivity index (χ3v) is 9.87. The van der Waals surface area contributed by atoms with Crippen LogP contribution >= 0.6 is 0 Å². The van der Waals surface area contributed by atoms with Crippen LogP contribution in [-0.4, -0.2) is 73.4 Å². The summed E-state index contributed by atoms with van der Waals surface area (Å²) in [6.45, 7) is 0. The summed E-state index contributed by atoms with van der Waals surface area (Å²) in [6.07, 6.45) is 0. The van der Waals surface area contributed by atoms with E-state index in [0.717, 1.165) is 0 Å². The maximum atomic E-state index is 12.4. The van der Waals surface area contributed by atoms with Gasteiger partial charge in [0.05, 0.1) is 0 Å². The van der Waals surface area contributed by atoms with Gasteiger partial charge in [0.25, 0.3) is 0 Å². The van der Waals surface area contributed by atoms with Gasteiger partial charge in [-0.3, -0.25) is 4.21 Å². The van der Waals surface area contributed by atoms with Crippen molar-refractivity contribution in [2.24, 2.45) is 11.3 Å². The summed E-state index contributed by atoms with van der Waals surface area (Å²) in [6, 6.07) is 0. The normalized spacial score (nSPS) is 19.8. The number of hydrogen-bond donors (Lipinski definition) is 0. The summed E-state index contributed by atoms with van der Waals surface area (Å²) in [5.74, 6) is 0. The summed E-state index contributed by atoms with van der Waals surface area (Å²) < 4.78 is 150.